The number of rotatable bonds is 5. The van der Waals surface area contributed by atoms with Crippen molar-refractivity contribution < 1.29 is 4.39 Å². The highest BCUT2D eigenvalue weighted by atomic mass is 32.2. The Morgan fingerprint density at radius 2 is 1.79 bits per heavy atom. The summed E-state index contributed by atoms with van der Waals surface area (Å²) in [5, 5.41) is 3.98. The number of aromatic nitrogens is 2. The first-order valence-electron chi connectivity index (χ1n) is 6.11. The molecule has 1 aromatic carbocycles. The molecule has 0 bridgehead atoms. The molecule has 0 aliphatic heterocycles. The van der Waals surface area contributed by atoms with E-state index in [-0.39, 0.29) is 5.82 Å². The van der Waals surface area contributed by atoms with Crippen molar-refractivity contribution in [1.82, 2.24) is 15.3 Å². The van der Waals surface area contributed by atoms with Crippen LogP contribution in [0.15, 0.2) is 46.7 Å². The Hall–Kier alpha value is -1.46. The normalized spacial score (nSPS) is 10.9. The monoisotopic (exact) mass is 277 g/mol. The fraction of sp³-hybridized carbons (Fsp3) is 0.286. The van der Waals surface area contributed by atoms with E-state index in [0.717, 1.165) is 17.0 Å². The summed E-state index contributed by atoms with van der Waals surface area (Å²) >= 11 is 1.42. The fourth-order valence-electron chi connectivity index (χ4n) is 1.42. The van der Waals surface area contributed by atoms with Gasteiger partial charge in [-0.05, 0) is 36.0 Å². The van der Waals surface area contributed by atoms with Gasteiger partial charge in [0.25, 0.3) is 0 Å². The molecule has 2 aromatic rings. The zero-order valence-corrected chi connectivity index (χ0v) is 11.7. The number of hydrogen-bond acceptors (Lipinski definition) is 4. The van der Waals surface area contributed by atoms with Crippen molar-refractivity contribution >= 4 is 11.8 Å². The molecule has 0 aliphatic carbocycles. The summed E-state index contributed by atoms with van der Waals surface area (Å²) in [5.74, 6) is -0.236. The molecule has 3 nitrogen and oxygen atoms in total. The molecular formula is C14H16FN3S. The van der Waals surface area contributed by atoms with Gasteiger partial charge >= 0.3 is 0 Å². The predicted molar refractivity (Wildman–Crippen MR) is 74.5 cm³/mol. The highest BCUT2D eigenvalue weighted by Gasteiger charge is 2.02. The Labute approximate surface area is 116 Å². The summed E-state index contributed by atoms with van der Waals surface area (Å²) in [5.41, 5.74) is 1.05. The van der Waals surface area contributed by atoms with Gasteiger partial charge in [0.15, 0.2) is 5.16 Å². The van der Waals surface area contributed by atoms with Crippen LogP contribution in [0.25, 0.3) is 0 Å². The van der Waals surface area contributed by atoms with Crippen LogP contribution in [0.3, 0.4) is 0 Å². The Kier molecular flexibility index (Phi) is 4.87. The van der Waals surface area contributed by atoms with Gasteiger partial charge in [-0.2, -0.15) is 0 Å². The standard InChI is InChI=1S/C14H16FN3S/c1-10(2)16-7-11-8-17-14(18-9-11)19-13-5-3-12(15)4-6-13/h3-6,8-10,16H,7H2,1-2H3. The summed E-state index contributed by atoms with van der Waals surface area (Å²) in [6, 6.07) is 6.75. The molecule has 5 heteroatoms. The third-order valence-corrected chi connectivity index (χ3v) is 3.32. The van der Waals surface area contributed by atoms with Gasteiger partial charge in [0.2, 0.25) is 0 Å². The van der Waals surface area contributed by atoms with E-state index in [2.05, 4.69) is 29.1 Å². The van der Waals surface area contributed by atoms with Gasteiger partial charge in [0.05, 0.1) is 0 Å². The van der Waals surface area contributed by atoms with Crippen molar-refractivity contribution in [3.63, 3.8) is 0 Å². The third-order valence-electron chi connectivity index (χ3n) is 2.42. The zero-order chi connectivity index (χ0) is 13.7. The van der Waals surface area contributed by atoms with Crippen molar-refractivity contribution in [3.8, 4) is 0 Å². The number of benzene rings is 1. The lowest BCUT2D eigenvalue weighted by atomic mass is 10.3. The molecule has 1 N–H and O–H groups in total. The number of nitrogens with zero attached hydrogens (tertiary/aromatic N) is 2. The van der Waals surface area contributed by atoms with Crippen molar-refractivity contribution in [3.05, 3.63) is 48.0 Å². The van der Waals surface area contributed by atoms with E-state index in [1.807, 2.05) is 12.4 Å². The smallest absolute Gasteiger partial charge is 0.192 e. The van der Waals surface area contributed by atoms with Crippen LogP contribution < -0.4 is 5.32 Å². The summed E-state index contributed by atoms with van der Waals surface area (Å²) in [6.07, 6.45) is 3.63. The quantitative estimate of drug-likeness (QED) is 0.851. The first-order chi connectivity index (χ1) is 9.13. The van der Waals surface area contributed by atoms with Gasteiger partial charge in [-0.3, -0.25) is 0 Å². The molecule has 100 valence electrons. The predicted octanol–water partition coefficient (Wildman–Crippen LogP) is 3.26. The zero-order valence-electron chi connectivity index (χ0n) is 10.9. The average Bonchev–Trinajstić information content (AvgIpc) is 2.40. The molecule has 0 atom stereocenters. The second-order valence-electron chi connectivity index (χ2n) is 4.47. The maximum atomic E-state index is 12.8. The van der Waals surface area contributed by atoms with Gasteiger partial charge < -0.3 is 5.32 Å². The molecule has 0 aliphatic rings. The van der Waals surface area contributed by atoms with Crippen molar-refractivity contribution in [2.75, 3.05) is 0 Å². The summed E-state index contributed by atoms with van der Waals surface area (Å²) in [4.78, 5) is 9.51. The average molecular weight is 277 g/mol. The summed E-state index contributed by atoms with van der Waals surface area (Å²) < 4.78 is 12.8. The van der Waals surface area contributed by atoms with Crippen molar-refractivity contribution in [1.29, 1.82) is 0 Å². The summed E-state index contributed by atoms with van der Waals surface area (Å²) in [7, 11) is 0. The molecule has 19 heavy (non-hydrogen) atoms. The highest BCUT2D eigenvalue weighted by molar-refractivity contribution is 7.99. The van der Waals surface area contributed by atoms with Crippen LogP contribution in [-0.2, 0) is 6.54 Å². The lowest BCUT2D eigenvalue weighted by Crippen LogP contribution is -2.21. The van der Waals surface area contributed by atoms with Gasteiger partial charge in [-0.1, -0.05) is 13.8 Å². The molecule has 2 rings (SSSR count). The van der Waals surface area contributed by atoms with Crippen LogP contribution in [0.5, 0.6) is 0 Å². The minimum absolute atomic E-state index is 0.236. The van der Waals surface area contributed by atoms with E-state index in [1.54, 1.807) is 12.1 Å². The largest absolute Gasteiger partial charge is 0.310 e. The molecular weight excluding hydrogens is 261 g/mol. The molecule has 0 saturated carbocycles. The second-order valence-corrected chi connectivity index (χ2v) is 5.51. The van der Waals surface area contributed by atoms with E-state index in [1.165, 1.54) is 23.9 Å². The minimum Gasteiger partial charge on any atom is -0.310 e. The van der Waals surface area contributed by atoms with Crippen LogP contribution in [0.1, 0.15) is 19.4 Å². The van der Waals surface area contributed by atoms with Crippen LogP contribution in [0.4, 0.5) is 4.39 Å². The number of hydrogen-bond donors (Lipinski definition) is 1. The SMILES string of the molecule is CC(C)NCc1cnc(Sc2ccc(F)cc2)nc1. The van der Waals surface area contributed by atoms with Crippen LogP contribution >= 0.6 is 11.8 Å². The molecule has 0 spiro atoms. The van der Waals surface area contributed by atoms with E-state index in [4.69, 9.17) is 0 Å². The van der Waals surface area contributed by atoms with E-state index < -0.39 is 0 Å². The lowest BCUT2D eigenvalue weighted by molar-refractivity contribution is 0.585. The topological polar surface area (TPSA) is 37.8 Å². The molecule has 0 unspecified atom stereocenters. The van der Waals surface area contributed by atoms with E-state index in [9.17, 15) is 4.39 Å². The van der Waals surface area contributed by atoms with Crippen LogP contribution in [0, 0.1) is 5.82 Å². The Morgan fingerprint density at radius 1 is 1.16 bits per heavy atom. The lowest BCUT2D eigenvalue weighted by Gasteiger charge is -2.07. The van der Waals surface area contributed by atoms with Gasteiger partial charge in [-0.15, -0.1) is 0 Å². The molecule has 0 saturated heterocycles. The molecule has 0 radical (unpaired) electrons. The Morgan fingerprint density at radius 3 is 2.37 bits per heavy atom. The molecule has 1 aromatic heterocycles. The number of nitrogens with one attached hydrogen (secondary N) is 1. The van der Waals surface area contributed by atoms with E-state index >= 15 is 0 Å². The Bertz CT molecular complexity index is 511. The maximum absolute atomic E-state index is 12.8. The molecule has 1 heterocycles. The van der Waals surface area contributed by atoms with Gasteiger partial charge in [-0.25, -0.2) is 14.4 Å². The van der Waals surface area contributed by atoms with Gasteiger partial charge in [0, 0.05) is 35.4 Å². The van der Waals surface area contributed by atoms with Crippen molar-refractivity contribution in [2.45, 2.75) is 36.5 Å². The molecule has 0 amide bonds. The summed E-state index contributed by atoms with van der Waals surface area (Å²) in [6.45, 7) is 4.96. The second kappa shape index (κ2) is 6.63. The van der Waals surface area contributed by atoms with Crippen LogP contribution in [-0.4, -0.2) is 16.0 Å². The number of halogens is 1. The van der Waals surface area contributed by atoms with Crippen molar-refractivity contribution in [2.24, 2.45) is 0 Å². The third kappa shape index (κ3) is 4.61. The maximum Gasteiger partial charge on any atom is 0.192 e. The first kappa shape index (κ1) is 14.0. The van der Waals surface area contributed by atoms with Crippen LogP contribution in [0.2, 0.25) is 0 Å². The van der Waals surface area contributed by atoms with Gasteiger partial charge in [0.1, 0.15) is 5.82 Å². The molecule has 0 fully saturated rings. The minimum atomic E-state index is -0.236. The fourth-order valence-corrected chi connectivity index (χ4v) is 2.11. The first-order valence-corrected chi connectivity index (χ1v) is 6.93. The van der Waals surface area contributed by atoms with E-state index in [0.29, 0.717) is 11.2 Å². The highest BCUT2D eigenvalue weighted by Crippen LogP contribution is 2.24. The Balaban J connectivity index is 1.96.